The minimum absolute atomic E-state index is 0.138. The van der Waals surface area contributed by atoms with Crippen LogP contribution in [-0.2, 0) is 18.0 Å². The third-order valence-electron chi connectivity index (χ3n) is 5.07. The van der Waals surface area contributed by atoms with E-state index in [1.807, 2.05) is 23.1 Å². The summed E-state index contributed by atoms with van der Waals surface area (Å²) in [5.74, 6) is 0.511. The number of benzene rings is 1. The fraction of sp³-hybridized carbons (Fsp3) is 0.474. The summed E-state index contributed by atoms with van der Waals surface area (Å²) in [6.45, 7) is 7.09. The Morgan fingerprint density at radius 1 is 1.29 bits per heavy atom. The van der Waals surface area contributed by atoms with Gasteiger partial charge in [0.2, 0.25) is 0 Å². The van der Waals surface area contributed by atoms with Crippen molar-refractivity contribution in [2.45, 2.75) is 45.8 Å². The summed E-state index contributed by atoms with van der Waals surface area (Å²) < 4.78 is 5.45. The smallest absolute Gasteiger partial charge is 0.253 e. The van der Waals surface area contributed by atoms with Crippen LogP contribution in [-0.4, -0.2) is 28.9 Å². The molecule has 2 aromatic rings. The van der Waals surface area contributed by atoms with Gasteiger partial charge < -0.3 is 9.64 Å². The van der Waals surface area contributed by atoms with E-state index in [2.05, 4.69) is 13.8 Å². The highest BCUT2D eigenvalue weighted by Gasteiger charge is 2.28. The molecule has 4 nitrogen and oxygen atoms in total. The highest BCUT2D eigenvalue weighted by Crippen LogP contribution is 2.32. The number of ether oxygens (including phenoxy) is 1. The summed E-state index contributed by atoms with van der Waals surface area (Å²) in [5, 5.41) is 1.19. The molecule has 3 heterocycles. The molecule has 2 aliphatic rings. The quantitative estimate of drug-likeness (QED) is 0.833. The largest absolute Gasteiger partial charge is 0.372 e. The average molecular weight is 342 g/mol. The van der Waals surface area contributed by atoms with E-state index in [1.165, 1.54) is 15.4 Å². The molecule has 24 heavy (non-hydrogen) atoms. The van der Waals surface area contributed by atoms with E-state index in [9.17, 15) is 4.79 Å². The van der Waals surface area contributed by atoms with Crippen molar-refractivity contribution in [1.29, 1.82) is 0 Å². The van der Waals surface area contributed by atoms with Gasteiger partial charge >= 0.3 is 0 Å². The van der Waals surface area contributed by atoms with Gasteiger partial charge in [-0.3, -0.25) is 4.79 Å². The van der Waals surface area contributed by atoms with Crippen molar-refractivity contribution < 1.29 is 9.53 Å². The second-order valence-electron chi connectivity index (χ2n) is 6.76. The van der Waals surface area contributed by atoms with Crippen molar-refractivity contribution >= 4 is 17.2 Å². The molecule has 0 bridgehead atoms. The van der Waals surface area contributed by atoms with Crippen LogP contribution in [0.1, 0.15) is 55.8 Å². The Morgan fingerprint density at radius 2 is 2.12 bits per heavy atom. The first kappa shape index (κ1) is 15.8. The topological polar surface area (TPSA) is 42.4 Å². The zero-order chi connectivity index (χ0) is 16.7. The van der Waals surface area contributed by atoms with Crippen molar-refractivity contribution in [2.24, 2.45) is 0 Å². The molecule has 0 saturated carbocycles. The molecule has 0 unspecified atom stereocenters. The molecule has 1 fully saturated rings. The number of aromatic nitrogens is 1. The predicted octanol–water partition coefficient (Wildman–Crippen LogP) is 3.81. The Labute approximate surface area is 146 Å². The van der Waals surface area contributed by atoms with Gasteiger partial charge in [0.05, 0.1) is 23.9 Å². The number of carbonyl (C=O) groups is 1. The molecule has 0 radical (unpaired) electrons. The summed E-state index contributed by atoms with van der Waals surface area (Å²) in [7, 11) is 0. The van der Waals surface area contributed by atoms with E-state index in [0.717, 1.165) is 42.8 Å². The molecule has 0 aliphatic carbocycles. The second kappa shape index (κ2) is 6.30. The van der Waals surface area contributed by atoms with Crippen LogP contribution in [0, 0.1) is 13.8 Å². The molecule has 0 N–H and O–H groups in total. The maximum absolute atomic E-state index is 12.9. The first-order chi connectivity index (χ1) is 11.6. The number of nitrogens with zero attached hydrogens (tertiary/aromatic N) is 2. The number of piperidine rings is 1. The Kier molecular flexibility index (Phi) is 4.14. The number of fused-ring (bicyclic) bond motifs is 1. The molecule has 2 aliphatic heterocycles. The van der Waals surface area contributed by atoms with Crippen molar-refractivity contribution in [3.05, 3.63) is 50.5 Å². The molecule has 1 saturated heterocycles. The summed E-state index contributed by atoms with van der Waals surface area (Å²) >= 11 is 1.78. The second-order valence-corrected chi connectivity index (χ2v) is 8.00. The van der Waals surface area contributed by atoms with Crippen LogP contribution in [0.2, 0.25) is 0 Å². The Hall–Kier alpha value is -1.72. The first-order valence-electron chi connectivity index (χ1n) is 8.54. The SMILES string of the molecule is Cc1nc([C@H]2CCCN(C(=O)c3ccc4c(c3)COC4)C2)sc1C. The summed E-state index contributed by atoms with van der Waals surface area (Å²) in [4.78, 5) is 20.9. The van der Waals surface area contributed by atoms with Gasteiger partial charge in [0.25, 0.3) is 5.91 Å². The molecule has 126 valence electrons. The standard InChI is InChI=1S/C19H22N2O2S/c1-12-13(2)24-18(20-12)15-4-3-7-21(9-15)19(22)14-5-6-16-10-23-11-17(16)8-14/h5-6,8,15H,3-4,7,9-11H2,1-2H3/t15-/m0/s1. The average Bonchev–Trinajstić information content (AvgIpc) is 3.20. The summed E-state index contributed by atoms with van der Waals surface area (Å²) in [6, 6.07) is 5.98. The van der Waals surface area contributed by atoms with Crippen LogP contribution < -0.4 is 0 Å². The number of thiazole rings is 1. The van der Waals surface area contributed by atoms with Gasteiger partial charge in [-0.25, -0.2) is 4.98 Å². The lowest BCUT2D eigenvalue weighted by Crippen LogP contribution is -2.39. The van der Waals surface area contributed by atoms with E-state index in [0.29, 0.717) is 19.1 Å². The maximum Gasteiger partial charge on any atom is 0.253 e. The van der Waals surface area contributed by atoms with Crippen LogP contribution in [0.25, 0.3) is 0 Å². The van der Waals surface area contributed by atoms with Crippen LogP contribution in [0.3, 0.4) is 0 Å². The minimum Gasteiger partial charge on any atom is -0.372 e. The van der Waals surface area contributed by atoms with Crippen molar-refractivity contribution in [3.63, 3.8) is 0 Å². The van der Waals surface area contributed by atoms with E-state index in [-0.39, 0.29) is 5.91 Å². The van der Waals surface area contributed by atoms with Gasteiger partial charge in [0.1, 0.15) is 0 Å². The first-order valence-corrected chi connectivity index (χ1v) is 9.36. The van der Waals surface area contributed by atoms with Gasteiger partial charge in [0, 0.05) is 29.4 Å². The van der Waals surface area contributed by atoms with Crippen LogP contribution >= 0.6 is 11.3 Å². The van der Waals surface area contributed by atoms with Crippen LogP contribution in [0.4, 0.5) is 0 Å². The fourth-order valence-electron chi connectivity index (χ4n) is 3.52. The molecular weight excluding hydrogens is 320 g/mol. The monoisotopic (exact) mass is 342 g/mol. The van der Waals surface area contributed by atoms with Gasteiger partial charge in [-0.15, -0.1) is 11.3 Å². The van der Waals surface area contributed by atoms with Crippen molar-refractivity contribution in [2.75, 3.05) is 13.1 Å². The van der Waals surface area contributed by atoms with E-state index >= 15 is 0 Å². The number of hydrogen-bond donors (Lipinski definition) is 0. The highest BCUT2D eigenvalue weighted by atomic mass is 32.1. The van der Waals surface area contributed by atoms with Gasteiger partial charge in [0.15, 0.2) is 0 Å². The molecule has 1 aromatic carbocycles. The van der Waals surface area contributed by atoms with E-state index in [1.54, 1.807) is 11.3 Å². The lowest BCUT2D eigenvalue weighted by Gasteiger charge is -2.32. The maximum atomic E-state index is 12.9. The van der Waals surface area contributed by atoms with Gasteiger partial charge in [-0.1, -0.05) is 6.07 Å². The van der Waals surface area contributed by atoms with Crippen molar-refractivity contribution in [3.8, 4) is 0 Å². The lowest BCUT2D eigenvalue weighted by atomic mass is 9.97. The highest BCUT2D eigenvalue weighted by molar-refractivity contribution is 7.11. The molecule has 0 spiro atoms. The number of carbonyl (C=O) groups excluding carboxylic acids is 1. The predicted molar refractivity (Wildman–Crippen MR) is 94.4 cm³/mol. The Bertz CT molecular complexity index is 764. The third kappa shape index (κ3) is 2.87. The third-order valence-corrected chi connectivity index (χ3v) is 6.31. The Balaban J connectivity index is 1.52. The molecule has 4 rings (SSSR count). The minimum atomic E-state index is 0.138. The molecular formula is C19H22N2O2S. The number of rotatable bonds is 2. The normalized spacial score (nSPS) is 20.2. The van der Waals surface area contributed by atoms with Crippen LogP contribution in [0.5, 0.6) is 0 Å². The number of amides is 1. The molecule has 1 atom stereocenters. The van der Waals surface area contributed by atoms with Crippen LogP contribution in [0.15, 0.2) is 18.2 Å². The Morgan fingerprint density at radius 3 is 2.92 bits per heavy atom. The van der Waals surface area contributed by atoms with Gasteiger partial charge in [-0.05, 0) is 49.9 Å². The van der Waals surface area contributed by atoms with Gasteiger partial charge in [-0.2, -0.15) is 0 Å². The number of hydrogen-bond acceptors (Lipinski definition) is 4. The van der Waals surface area contributed by atoms with E-state index in [4.69, 9.17) is 9.72 Å². The molecule has 1 amide bonds. The number of aryl methyl sites for hydroxylation is 2. The fourth-order valence-corrected chi connectivity index (χ4v) is 4.57. The molecule has 1 aromatic heterocycles. The summed E-state index contributed by atoms with van der Waals surface area (Å²) in [6.07, 6.45) is 2.16. The van der Waals surface area contributed by atoms with Crippen molar-refractivity contribution in [1.82, 2.24) is 9.88 Å². The summed E-state index contributed by atoms with van der Waals surface area (Å²) in [5.41, 5.74) is 4.26. The zero-order valence-corrected chi connectivity index (χ0v) is 15.0. The zero-order valence-electron chi connectivity index (χ0n) is 14.2. The number of likely N-dealkylation sites (tertiary alicyclic amines) is 1. The molecule has 5 heteroatoms. The van der Waals surface area contributed by atoms with E-state index < -0.39 is 0 Å². The lowest BCUT2D eigenvalue weighted by molar-refractivity contribution is 0.0707.